The van der Waals surface area contributed by atoms with Crippen LogP contribution in [0.4, 0.5) is 0 Å². The molecule has 6 nitrogen and oxygen atoms in total. The molecule has 32 heavy (non-hydrogen) atoms. The SMILES string of the molecule is CCc1cc(=O)oc2cc(O[C@@H](C)C(=O)NC3CCN(Cc4ccccc4)CC3)ccc12. The highest BCUT2D eigenvalue weighted by Crippen LogP contribution is 2.24. The Balaban J connectivity index is 1.30. The van der Waals surface area contributed by atoms with E-state index in [9.17, 15) is 9.59 Å². The molecule has 1 N–H and O–H groups in total. The number of aryl methyl sites for hydroxylation is 1. The van der Waals surface area contributed by atoms with Gasteiger partial charge in [0, 0.05) is 43.2 Å². The standard InChI is InChI=1S/C26H30N2O4/c1-3-20-15-25(29)32-24-16-22(9-10-23(20)24)31-18(2)26(30)27-21-11-13-28(14-12-21)17-19-7-5-4-6-8-19/h4-10,15-16,18,21H,3,11-14,17H2,1-2H3,(H,27,30)/t18-/m0/s1. The Labute approximate surface area is 188 Å². The fourth-order valence-electron chi connectivity index (χ4n) is 4.23. The van der Waals surface area contributed by atoms with Gasteiger partial charge in [0.2, 0.25) is 0 Å². The lowest BCUT2D eigenvalue weighted by Gasteiger charge is -2.32. The predicted molar refractivity (Wildman–Crippen MR) is 125 cm³/mol. The van der Waals surface area contributed by atoms with Crippen molar-refractivity contribution in [1.29, 1.82) is 0 Å². The zero-order chi connectivity index (χ0) is 22.5. The minimum Gasteiger partial charge on any atom is -0.481 e. The molecular weight excluding hydrogens is 404 g/mol. The molecule has 1 amide bonds. The third-order valence-electron chi connectivity index (χ3n) is 6.05. The van der Waals surface area contributed by atoms with Crippen molar-refractivity contribution >= 4 is 16.9 Å². The Bertz CT molecular complexity index is 1120. The highest BCUT2D eigenvalue weighted by molar-refractivity contribution is 5.83. The molecule has 1 aliphatic rings. The number of benzene rings is 2. The van der Waals surface area contributed by atoms with E-state index in [4.69, 9.17) is 9.15 Å². The van der Waals surface area contributed by atoms with Crippen molar-refractivity contribution in [2.45, 2.75) is 51.8 Å². The van der Waals surface area contributed by atoms with Gasteiger partial charge >= 0.3 is 5.63 Å². The van der Waals surface area contributed by atoms with Gasteiger partial charge in [0.05, 0.1) is 0 Å². The number of hydrogen-bond acceptors (Lipinski definition) is 5. The largest absolute Gasteiger partial charge is 0.481 e. The summed E-state index contributed by atoms with van der Waals surface area (Å²) in [5, 5.41) is 4.01. The van der Waals surface area contributed by atoms with Crippen molar-refractivity contribution in [3.05, 3.63) is 76.1 Å². The van der Waals surface area contributed by atoms with Gasteiger partial charge in [-0.1, -0.05) is 37.3 Å². The van der Waals surface area contributed by atoms with Crippen LogP contribution in [-0.2, 0) is 17.8 Å². The zero-order valence-corrected chi connectivity index (χ0v) is 18.7. The molecule has 1 aliphatic heterocycles. The summed E-state index contributed by atoms with van der Waals surface area (Å²) in [6, 6.07) is 17.5. The zero-order valence-electron chi connectivity index (χ0n) is 18.7. The summed E-state index contributed by atoms with van der Waals surface area (Å²) >= 11 is 0. The summed E-state index contributed by atoms with van der Waals surface area (Å²) in [5.41, 5.74) is 2.35. The van der Waals surface area contributed by atoms with E-state index in [-0.39, 0.29) is 17.6 Å². The maximum atomic E-state index is 12.7. The highest BCUT2D eigenvalue weighted by Gasteiger charge is 2.23. The van der Waals surface area contributed by atoms with Crippen LogP contribution in [0.25, 0.3) is 11.0 Å². The summed E-state index contributed by atoms with van der Waals surface area (Å²) in [7, 11) is 0. The number of carbonyl (C=O) groups is 1. The number of piperidine rings is 1. The van der Waals surface area contributed by atoms with Crippen molar-refractivity contribution in [2.75, 3.05) is 13.1 Å². The molecule has 0 spiro atoms. The third-order valence-corrected chi connectivity index (χ3v) is 6.05. The minimum absolute atomic E-state index is 0.129. The van der Waals surface area contributed by atoms with E-state index in [1.807, 2.05) is 25.1 Å². The molecule has 1 fully saturated rings. The lowest BCUT2D eigenvalue weighted by atomic mass is 10.0. The Morgan fingerprint density at radius 1 is 1.16 bits per heavy atom. The minimum atomic E-state index is -0.643. The van der Waals surface area contributed by atoms with Crippen molar-refractivity contribution < 1.29 is 13.9 Å². The molecule has 0 saturated carbocycles. The first-order valence-corrected chi connectivity index (χ1v) is 11.3. The smallest absolute Gasteiger partial charge is 0.336 e. The van der Waals surface area contributed by atoms with Crippen molar-refractivity contribution in [3.8, 4) is 5.75 Å². The number of likely N-dealkylation sites (tertiary alicyclic amines) is 1. The number of nitrogens with one attached hydrogen (secondary N) is 1. The number of carbonyl (C=O) groups excluding carboxylic acids is 1. The van der Waals surface area contributed by atoms with Gasteiger partial charge in [0.15, 0.2) is 6.10 Å². The number of hydrogen-bond donors (Lipinski definition) is 1. The molecule has 2 aromatic carbocycles. The van der Waals surface area contributed by atoms with Crippen molar-refractivity contribution in [1.82, 2.24) is 10.2 Å². The van der Waals surface area contributed by atoms with Gasteiger partial charge in [0.1, 0.15) is 11.3 Å². The number of nitrogens with zero attached hydrogens (tertiary/aromatic N) is 1. The lowest BCUT2D eigenvalue weighted by Crippen LogP contribution is -2.47. The molecule has 168 valence electrons. The van der Waals surface area contributed by atoms with Crippen LogP contribution in [0.2, 0.25) is 0 Å². The first-order chi connectivity index (χ1) is 15.5. The van der Waals surface area contributed by atoms with Crippen LogP contribution in [0.1, 0.15) is 37.8 Å². The van der Waals surface area contributed by atoms with Crippen LogP contribution < -0.4 is 15.7 Å². The average molecular weight is 435 g/mol. The predicted octanol–water partition coefficient (Wildman–Crippen LogP) is 3.90. The Morgan fingerprint density at radius 2 is 1.91 bits per heavy atom. The second-order valence-electron chi connectivity index (χ2n) is 8.41. The molecule has 3 aromatic rings. The molecule has 6 heteroatoms. The van der Waals surface area contributed by atoms with Gasteiger partial charge in [-0.3, -0.25) is 9.69 Å². The molecular formula is C26H30N2O4. The van der Waals surface area contributed by atoms with Gasteiger partial charge in [0.25, 0.3) is 5.91 Å². The molecule has 1 saturated heterocycles. The van der Waals surface area contributed by atoms with Gasteiger partial charge in [-0.2, -0.15) is 0 Å². The average Bonchev–Trinajstić information content (AvgIpc) is 2.80. The number of amides is 1. The van der Waals surface area contributed by atoms with E-state index < -0.39 is 6.10 Å². The fraction of sp³-hybridized carbons (Fsp3) is 0.385. The van der Waals surface area contributed by atoms with Crippen LogP contribution >= 0.6 is 0 Å². The fourth-order valence-corrected chi connectivity index (χ4v) is 4.23. The summed E-state index contributed by atoms with van der Waals surface area (Å²) in [4.78, 5) is 26.9. The van der Waals surface area contributed by atoms with Gasteiger partial charge in [-0.25, -0.2) is 4.79 Å². The number of rotatable bonds is 7. The van der Waals surface area contributed by atoms with Crippen LogP contribution in [0.3, 0.4) is 0 Å². The van der Waals surface area contributed by atoms with Crippen LogP contribution in [-0.4, -0.2) is 36.0 Å². The second-order valence-corrected chi connectivity index (χ2v) is 8.41. The number of fused-ring (bicyclic) bond motifs is 1. The third kappa shape index (κ3) is 5.37. The van der Waals surface area contributed by atoms with Crippen molar-refractivity contribution in [2.24, 2.45) is 0 Å². The molecule has 0 unspecified atom stereocenters. The summed E-state index contributed by atoms with van der Waals surface area (Å²) in [6.45, 7) is 6.59. The molecule has 0 bridgehead atoms. The Morgan fingerprint density at radius 3 is 2.62 bits per heavy atom. The highest BCUT2D eigenvalue weighted by atomic mass is 16.5. The molecule has 4 rings (SSSR count). The normalized spacial score (nSPS) is 16.1. The van der Waals surface area contributed by atoms with E-state index >= 15 is 0 Å². The molecule has 1 atom stereocenters. The maximum Gasteiger partial charge on any atom is 0.336 e. The molecule has 2 heterocycles. The van der Waals surface area contributed by atoms with E-state index in [2.05, 4.69) is 34.5 Å². The molecule has 1 aromatic heterocycles. The summed E-state index contributed by atoms with van der Waals surface area (Å²) in [6.07, 6.45) is 1.94. The summed E-state index contributed by atoms with van der Waals surface area (Å²) < 4.78 is 11.2. The lowest BCUT2D eigenvalue weighted by molar-refractivity contribution is -0.128. The molecule has 0 radical (unpaired) electrons. The number of ether oxygens (including phenoxy) is 1. The first kappa shape index (κ1) is 22.1. The second kappa shape index (κ2) is 10.0. The van der Waals surface area contributed by atoms with E-state index in [0.29, 0.717) is 11.3 Å². The van der Waals surface area contributed by atoms with Gasteiger partial charge in [-0.05, 0) is 49.4 Å². The Hall–Kier alpha value is -3.12. The van der Waals surface area contributed by atoms with Crippen LogP contribution in [0.15, 0.2) is 63.8 Å². The van der Waals surface area contributed by atoms with Crippen LogP contribution in [0, 0.1) is 0 Å². The van der Waals surface area contributed by atoms with Gasteiger partial charge < -0.3 is 14.5 Å². The molecule has 0 aliphatic carbocycles. The van der Waals surface area contributed by atoms with E-state index in [1.165, 1.54) is 11.6 Å². The maximum absolute atomic E-state index is 12.7. The van der Waals surface area contributed by atoms with E-state index in [0.717, 1.165) is 49.8 Å². The van der Waals surface area contributed by atoms with E-state index in [1.54, 1.807) is 13.0 Å². The Kier molecular flexibility index (Phi) is 6.90. The summed E-state index contributed by atoms with van der Waals surface area (Å²) in [5.74, 6) is 0.379. The van der Waals surface area contributed by atoms with Crippen molar-refractivity contribution in [3.63, 3.8) is 0 Å². The van der Waals surface area contributed by atoms with Gasteiger partial charge in [-0.15, -0.1) is 0 Å². The monoisotopic (exact) mass is 434 g/mol. The topological polar surface area (TPSA) is 71.8 Å². The quantitative estimate of drug-likeness (QED) is 0.571. The first-order valence-electron chi connectivity index (χ1n) is 11.3. The van der Waals surface area contributed by atoms with Crippen LogP contribution in [0.5, 0.6) is 5.75 Å².